The van der Waals surface area contributed by atoms with E-state index in [9.17, 15) is 24.6 Å². The number of phenols is 2. The standard InChI is InChI=1S/C13H16N2O6/c1-7(16)14-6-12(19)15-9(13(20)21)4-8-2-3-10(17)11(18)5-8/h2-3,5,9,17-18H,4,6H2,1H3,(H,14,16)(H,15,19)(H,20,21)/t9-/m0/s1. The monoisotopic (exact) mass is 296 g/mol. The summed E-state index contributed by atoms with van der Waals surface area (Å²) >= 11 is 0. The van der Waals surface area contributed by atoms with Crippen LogP contribution in [0.15, 0.2) is 18.2 Å². The molecule has 0 aliphatic carbocycles. The van der Waals surface area contributed by atoms with Crippen LogP contribution in [0.25, 0.3) is 0 Å². The molecule has 8 heteroatoms. The van der Waals surface area contributed by atoms with Gasteiger partial charge in [-0.3, -0.25) is 9.59 Å². The molecule has 1 aromatic rings. The van der Waals surface area contributed by atoms with Crippen molar-refractivity contribution in [2.75, 3.05) is 6.54 Å². The van der Waals surface area contributed by atoms with E-state index in [1.807, 2.05) is 0 Å². The Morgan fingerprint density at radius 3 is 2.38 bits per heavy atom. The average molecular weight is 296 g/mol. The summed E-state index contributed by atoms with van der Waals surface area (Å²) in [4.78, 5) is 33.3. The van der Waals surface area contributed by atoms with Crippen LogP contribution in [0, 0.1) is 0 Å². The third-order valence-electron chi connectivity index (χ3n) is 2.61. The van der Waals surface area contributed by atoms with Crippen molar-refractivity contribution in [1.82, 2.24) is 10.6 Å². The zero-order chi connectivity index (χ0) is 16.0. The van der Waals surface area contributed by atoms with Crippen LogP contribution in [-0.4, -0.2) is 45.7 Å². The summed E-state index contributed by atoms with van der Waals surface area (Å²) in [6, 6.07) is 2.66. The molecule has 1 aromatic carbocycles. The minimum Gasteiger partial charge on any atom is -0.504 e. The highest BCUT2D eigenvalue weighted by Crippen LogP contribution is 2.25. The van der Waals surface area contributed by atoms with E-state index in [1.165, 1.54) is 25.1 Å². The first-order valence-electron chi connectivity index (χ1n) is 6.07. The van der Waals surface area contributed by atoms with Crippen LogP contribution in [0.5, 0.6) is 11.5 Å². The molecular weight excluding hydrogens is 280 g/mol. The first-order chi connectivity index (χ1) is 9.79. The van der Waals surface area contributed by atoms with Gasteiger partial charge in [0.05, 0.1) is 6.54 Å². The number of hydrogen-bond donors (Lipinski definition) is 5. The third-order valence-corrected chi connectivity index (χ3v) is 2.61. The van der Waals surface area contributed by atoms with Crippen molar-refractivity contribution in [1.29, 1.82) is 0 Å². The Balaban J connectivity index is 2.69. The van der Waals surface area contributed by atoms with Gasteiger partial charge in [-0.2, -0.15) is 0 Å². The number of nitrogens with one attached hydrogen (secondary N) is 2. The molecule has 114 valence electrons. The van der Waals surface area contributed by atoms with Crippen LogP contribution >= 0.6 is 0 Å². The van der Waals surface area contributed by atoms with Gasteiger partial charge in [0, 0.05) is 13.3 Å². The largest absolute Gasteiger partial charge is 0.504 e. The Morgan fingerprint density at radius 1 is 1.19 bits per heavy atom. The molecule has 21 heavy (non-hydrogen) atoms. The Morgan fingerprint density at radius 2 is 1.86 bits per heavy atom. The van der Waals surface area contributed by atoms with E-state index in [1.54, 1.807) is 0 Å². The van der Waals surface area contributed by atoms with E-state index in [2.05, 4.69) is 10.6 Å². The van der Waals surface area contributed by atoms with Crippen molar-refractivity contribution in [3.8, 4) is 11.5 Å². The van der Waals surface area contributed by atoms with Crippen LogP contribution < -0.4 is 10.6 Å². The maximum atomic E-state index is 11.5. The predicted octanol–water partition coefficient (Wildman–Crippen LogP) is -0.654. The lowest BCUT2D eigenvalue weighted by atomic mass is 10.1. The predicted molar refractivity (Wildman–Crippen MR) is 71.7 cm³/mol. The van der Waals surface area contributed by atoms with Crippen LogP contribution in [-0.2, 0) is 20.8 Å². The second kappa shape index (κ2) is 7.13. The zero-order valence-electron chi connectivity index (χ0n) is 11.3. The number of carboxylic acids is 1. The van der Waals surface area contributed by atoms with Gasteiger partial charge in [0.2, 0.25) is 11.8 Å². The molecule has 5 N–H and O–H groups in total. The van der Waals surface area contributed by atoms with Crippen LogP contribution in [0.4, 0.5) is 0 Å². The van der Waals surface area contributed by atoms with Gasteiger partial charge in [-0.25, -0.2) is 4.79 Å². The zero-order valence-corrected chi connectivity index (χ0v) is 11.3. The minimum absolute atomic E-state index is 0.0744. The fourth-order valence-corrected chi connectivity index (χ4v) is 1.58. The van der Waals surface area contributed by atoms with Crippen molar-refractivity contribution in [2.24, 2.45) is 0 Å². The minimum atomic E-state index is -1.25. The number of phenolic OH excluding ortho intramolecular Hbond substituents is 2. The second-order valence-corrected chi connectivity index (χ2v) is 4.40. The Kier molecular flexibility index (Phi) is 5.53. The van der Waals surface area contributed by atoms with Gasteiger partial charge < -0.3 is 26.0 Å². The summed E-state index contributed by atoms with van der Waals surface area (Å²) in [6.07, 6.45) is -0.0744. The Hall–Kier alpha value is -2.77. The molecule has 0 aliphatic rings. The summed E-state index contributed by atoms with van der Waals surface area (Å²) < 4.78 is 0. The fraction of sp³-hybridized carbons (Fsp3) is 0.308. The van der Waals surface area contributed by atoms with Crippen molar-refractivity contribution in [2.45, 2.75) is 19.4 Å². The molecule has 1 rings (SSSR count). The van der Waals surface area contributed by atoms with Crippen molar-refractivity contribution in [3.63, 3.8) is 0 Å². The summed E-state index contributed by atoms with van der Waals surface area (Å²) in [7, 11) is 0. The van der Waals surface area contributed by atoms with Crippen molar-refractivity contribution < 1.29 is 29.7 Å². The maximum Gasteiger partial charge on any atom is 0.326 e. The SMILES string of the molecule is CC(=O)NCC(=O)N[C@@H](Cc1ccc(O)c(O)c1)C(=O)O. The summed E-state index contributed by atoms with van der Waals surface area (Å²) in [5, 5.41) is 32.1. The molecule has 2 amide bonds. The molecule has 0 unspecified atom stereocenters. The lowest BCUT2D eigenvalue weighted by Gasteiger charge is -2.15. The summed E-state index contributed by atoms with van der Waals surface area (Å²) in [6.45, 7) is 0.918. The van der Waals surface area contributed by atoms with Crippen LogP contribution in [0.3, 0.4) is 0 Å². The summed E-state index contributed by atoms with van der Waals surface area (Å²) in [5.41, 5.74) is 0.428. The molecule has 0 bridgehead atoms. The Labute approximate surface area is 120 Å². The van der Waals surface area contributed by atoms with E-state index in [-0.39, 0.29) is 24.5 Å². The number of benzene rings is 1. The lowest BCUT2D eigenvalue weighted by Crippen LogP contribution is -2.46. The van der Waals surface area contributed by atoms with E-state index in [4.69, 9.17) is 5.11 Å². The lowest BCUT2D eigenvalue weighted by molar-refractivity contribution is -0.141. The second-order valence-electron chi connectivity index (χ2n) is 4.40. The maximum absolute atomic E-state index is 11.5. The highest BCUT2D eigenvalue weighted by atomic mass is 16.4. The van der Waals surface area contributed by atoms with Gasteiger partial charge >= 0.3 is 5.97 Å². The van der Waals surface area contributed by atoms with Gasteiger partial charge in [0.1, 0.15) is 6.04 Å². The molecule has 0 saturated heterocycles. The number of amides is 2. The normalized spacial score (nSPS) is 11.5. The number of hydrogen-bond acceptors (Lipinski definition) is 5. The third kappa shape index (κ3) is 5.39. The number of carboxylic acid groups (broad SMARTS) is 1. The van der Waals surface area contributed by atoms with E-state index < -0.39 is 23.8 Å². The van der Waals surface area contributed by atoms with Gasteiger partial charge in [-0.1, -0.05) is 6.07 Å². The van der Waals surface area contributed by atoms with Gasteiger partial charge in [0.15, 0.2) is 11.5 Å². The fourth-order valence-electron chi connectivity index (χ4n) is 1.58. The number of carbonyl (C=O) groups excluding carboxylic acids is 2. The van der Waals surface area contributed by atoms with Crippen LogP contribution in [0.2, 0.25) is 0 Å². The first kappa shape index (κ1) is 16.3. The van der Waals surface area contributed by atoms with Crippen LogP contribution in [0.1, 0.15) is 12.5 Å². The molecule has 8 nitrogen and oxygen atoms in total. The molecule has 0 saturated carbocycles. The van der Waals surface area contributed by atoms with E-state index in [0.29, 0.717) is 5.56 Å². The molecule has 0 heterocycles. The molecule has 0 aromatic heterocycles. The Bertz CT molecular complexity index is 558. The summed E-state index contributed by atoms with van der Waals surface area (Å²) in [5.74, 6) is -2.98. The highest BCUT2D eigenvalue weighted by molar-refractivity contribution is 5.87. The van der Waals surface area contributed by atoms with E-state index in [0.717, 1.165) is 0 Å². The highest BCUT2D eigenvalue weighted by Gasteiger charge is 2.20. The number of aliphatic carboxylic acids is 1. The molecule has 0 radical (unpaired) electrons. The number of carbonyl (C=O) groups is 3. The van der Waals surface area contributed by atoms with E-state index >= 15 is 0 Å². The number of rotatable bonds is 6. The smallest absolute Gasteiger partial charge is 0.326 e. The van der Waals surface area contributed by atoms with Gasteiger partial charge in [-0.05, 0) is 17.7 Å². The quantitative estimate of drug-likeness (QED) is 0.442. The van der Waals surface area contributed by atoms with Gasteiger partial charge in [0.25, 0.3) is 0 Å². The topological polar surface area (TPSA) is 136 Å². The molecule has 1 atom stereocenters. The first-order valence-corrected chi connectivity index (χ1v) is 6.07. The molecule has 0 aliphatic heterocycles. The van der Waals surface area contributed by atoms with Gasteiger partial charge in [-0.15, -0.1) is 0 Å². The molecule has 0 spiro atoms. The van der Waals surface area contributed by atoms with Crippen molar-refractivity contribution in [3.05, 3.63) is 23.8 Å². The molecular formula is C13H16N2O6. The van der Waals surface area contributed by atoms with Crippen molar-refractivity contribution >= 4 is 17.8 Å². The average Bonchev–Trinajstić information content (AvgIpc) is 2.39. The molecule has 0 fully saturated rings. The number of aromatic hydroxyl groups is 2.